The molecule has 3 rings (SSSR count). The van der Waals surface area contributed by atoms with E-state index < -0.39 is 0 Å². The van der Waals surface area contributed by atoms with Crippen LogP contribution in [0.5, 0.6) is 5.75 Å². The maximum Gasteiger partial charge on any atom is 0.227 e. The standard InChI is InChI=1S/C19H23N5OS/c1-3-24(4-2)11-12-25-16-7-5-6-15(14-16)22-19-21-9-8-17(23-19)18-20-10-13-26-18/h5-10,13-14H,3-4,11-12H2,1-2H3,(H,21,22,23). The Labute approximate surface area is 157 Å². The number of nitrogens with zero attached hydrogens (tertiary/aromatic N) is 4. The first-order chi connectivity index (χ1) is 12.8. The quantitative estimate of drug-likeness (QED) is 0.613. The smallest absolute Gasteiger partial charge is 0.227 e. The largest absolute Gasteiger partial charge is 0.492 e. The SMILES string of the molecule is CCN(CC)CCOc1cccc(Nc2nccc(-c3nccs3)n2)c1. The number of ether oxygens (including phenoxy) is 1. The van der Waals surface area contributed by atoms with Crippen LogP contribution in [-0.2, 0) is 0 Å². The highest BCUT2D eigenvalue weighted by molar-refractivity contribution is 7.13. The van der Waals surface area contributed by atoms with Crippen LogP contribution in [0.25, 0.3) is 10.7 Å². The normalized spacial score (nSPS) is 10.9. The Hall–Kier alpha value is -2.51. The van der Waals surface area contributed by atoms with E-state index in [0.717, 1.165) is 41.8 Å². The molecule has 26 heavy (non-hydrogen) atoms. The second-order valence-corrected chi connectivity index (χ2v) is 6.53. The van der Waals surface area contributed by atoms with E-state index >= 15 is 0 Å². The zero-order valence-electron chi connectivity index (χ0n) is 15.1. The highest BCUT2D eigenvalue weighted by Gasteiger charge is 2.06. The molecule has 0 unspecified atom stereocenters. The van der Waals surface area contributed by atoms with Gasteiger partial charge in [-0.15, -0.1) is 11.3 Å². The first-order valence-electron chi connectivity index (χ1n) is 8.73. The van der Waals surface area contributed by atoms with Crippen LogP contribution >= 0.6 is 11.3 Å². The minimum absolute atomic E-state index is 0.540. The van der Waals surface area contributed by atoms with Crippen LogP contribution in [0.3, 0.4) is 0 Å². The maximum atomic E-state index is 5.87. The number of hydrogen-bond donors (Lipinski definition) is 1. The summed E-state index contributed by atoms with van der Waals surface area (Å²) in [5, 5.41) is 6.05. The lowest BCUT2D eigenvalue weighted by molar-refractivity contribution is 0.223. The van der Waals surface area contributed by atoms with Crippen molar-refractivity contribution in [2.24, 2.45) is 0 Å². The van der Waals surface area contributed by atoms with E-state index in [9.17, 15) is 0 Å². The third-order valence-electron chi connectivity index (χ3n) is 3.97. The summed E-state index contributed by atoms with van der Waals surface area (Å²) in [6, 6.07) is 9.70. The lowest BCUT2D eigenvalue weighted by Crippen LogP contribution is -2.27. The van der Waals surface area contributed by atoms with Crippen LogP contribution in [-0.4, -0.2) is 46.1 Å². The van der Waals surface area contributed by atoms with Gasteiger partial charge < -0.3 is 15.0 Å². The molecule has 0 aliphatic rings. The fraction of sp³-hybridized carbons (Fsp3) is 0.316. The Morgan fingerprint density at radius 2 is 2.00 bits per heavy atom. The molecule has 0 fully saturated rings. The molecule has 6 nitrogen and oxygen atoms in total. The van der Waals surface area contributed by atoms with Crippen LogP contribution in [0.15, 0.2) is 48.1 Å². The summed E-state index contributed by atoms with van der Waals surface area (Å²) < 4.78 is 5.87. The highest BCUT2D eigenvalue weighted by Crippen LogP contribution is 2.23. The van der Waals surface area contributed by atoms with Gasteiger partial charge in [0.1, 0.15) is 23.1 Å². The van der Waals surface area contributed by atoms with Crippen molar-refractivity contribution in [2.45, 2.75) is 13.8 Å². The molecule has 0 radical (unpaired) electrons. The van der Waals surface area contributed by atoms with Gasteiger partial charge in [0.05, 0.1) is 0 Å². The van der Waals surface area contributed by atoms with Gasteiger partial charge in [0.15, 0.2) is 0 Å². The van der Waals surface area contributed by atoms with Crippen molar-refractivity contribution in [3.8, 4) is 16.5 Å². The van der Waals surface area contributed by atoms with Gasteiger partial charge in [-0.1, -0.05) is 19.9 Å². The number of nitrogens with one attached hydrogen (secondary N) is 1. The lowest BCUT2D eigenvalue weighted by Gasteiger charge is -2.18. The van der Waals surface area contributed by atoms with Crippen molar-refractivity contribution in [3.63, 3.8) is 0 Å². The van der Waals surface area contributed by atoms with E-state index in [4.69, 9.17) is 4.74 Å². The molecule has 0 saturated heterocycles. The van der Waals surface area contributed by atoms with Gasteiger partial charge in [-0.25, -0.2) is 15.0 Å². The van der Waals surface area contributed by atoms with Gasteiger partial charge in [-0.3, -0.25) is 0 Å². The minimum atomic E-state index is 0.540. The zero-order chi connectivity index (χ0) is 18.2. The van der Waals surface area contributed by atoms with Gasteiger partial charge >= 0.3 is 0 Å². The number of anilines is 2. The molecule has 136 valence electrons. The lowest BCUT2D eigenvalue weighted by atomic mass is 10.3. The molecular formula is C19H23N5OS. The summed E-state index contributed by atoms with van der Waals surface area (Å²) in [6.07, 6.45) is 3.50. The summed E-state index contributed by atoms with van der Waals surface area (Å²) in [5.74, 6) is 1.37. The van der Waals surface area contributed by atoms with Crippen LogP contribution in [0.2, 0.25) is 0 Å². The number of likely N-dealkylation sites (N-methyl/N-ethyl adjacent to an activating group) is 1. The van der Waals surface area contributed by atoms with Gasteiger partial charge in [0.25, 0.3) is 0 Å². The molecule has 1 aromatic carbocycles. The molecule has 2 aromatic heterocycles. The second-order valence-electron chi connectivity index (χ2n) is 5.63. The molecule has 0 spiro atoms. The number of benzene rings is 1. The fourth-order valence-corrected chi connectivity index (χ4v) is 3.12. The van der Waals surface area contributed by atoms with Gasteiger partial charge in [0.2, 0.25) is 5.95 Å². The van der Waals surface area contributed by atoms with E-state index in [1.807, 2.05) is 35.7 Å². The molecule has 2 heterocycles. The van der Waals surface area contributed by atoms with E-state index in [-0.39, 0.29) is 0 Å². The van der Waals surface area contributed by atoms with Crippen molar-refractivity contribution in [1.29, 1.82) is 0 Å². The topological polar surface area (TPSA) is 63.2 Å². The molecule has 1 N–H and O–H groups in total. The summed E-state index contributed by atoms with van der Waals surface area (Å²) in [4.78, 5) is 15.4. The molecule has 3 aromatic rings. The van der Waals surface area contributed by atoms with E-state index in [1.54, 1.807) is 23.7 Å². The Kier molecular flexibility index (Phi) is 6.51. The van der Waals surface area contributed by atoms with Crippen LogP contribution in [0.4, 0.5) is 11.6 Å². The fourth-order valence-electron chi connectivity index (χ4n) is 2.51. The number of thiazole rings is 1. The molecule has 7 heteroatoms. The summed E-state index contributed by atoms with van der Waals surface area (Å²) in [6.45, 7) is 7.98. The van der Waals surface area contributed by atoms with E-state index in [1.165, 1.54) is 0 Å². The van der Waals surface area contributed by atoms with Crippen molar-refractivity contribution >= 4 is 23.0 Å². The zero-order valence-corrected chi connectivity index (χ0v) is 15.9. The second kappa shape index (κ2) is 9.26. The third kappa shape index (κ3) is 5.00. The third-order valence-corrected chi connectivity index (χ3v) is 4.76. The molecule has 0 bridgehead atoms. The predicted octanol–water partition coefficient (Wildman–Crippen LogP) is 4.06. The van der Waals surface area contributed by atoms with Crippen LogP contribution in [0.1, 0.15) is 13.8 Å². The van der Waals surface area contributed by atoms with Crippen LogP contribution < -0.4 is 10.1 Å². The first-order valence-corrected chi connectivity index (χ1v) is 9.61. The molecule has 0 aliphatic heterocycles. The van der Waals surface area contributed by atoms with Crippen molar-refractivity contribution in [2.75, 3.05) is 31.6 Å². The number of aromatic nitrogens is 3. The Balaban J connectivity index is 1.63. The molecular weight excluding hydrogens is 346 g/mol. The minimum Gasteiger partial charge on any atom is -0.492 e. The number of rotatable bonds is 9. The highest BCUT2D eigenvalue weighted by atomic mass is 32.1. The van der Waals surface area contributed by atoms with E-state index in [0.29, 0.717) is 12.6 Å². The summed E-state index contributed by atoms with van der Waals surface area (Å²) >= 11 is 1.56. The number of hydrogen-bond acceptors (Lipinski definition) is 7. The van der Waals surface area contributed by atoms with Gasteiger partial charge in [-0.2, -0.15) is 0 Å². The van der Waals surface area contributed by atoms with Crippen molar-refractivity contribution in [3.05, 3.63) is 48.1 Å². The molecule has 0 atom stereocenters. The monoisotopic (exact) mass is 369 g/mol. The van der Waals surface area contributed by atoms with E-state index in [2.05, 4.69) is 39.0 Å². The van der Waals surface area contributed by atoms with Gasteiger partial charge in [-0.05, 0) is 31.3 Å². The van der Waals surface area contributed by atoms with Crippen molar-refractivity contribution < 1.29 is 4.74 Å². The first kappa shape index (κ1) is 18.3. The van der Waals surface area contributed by atoms with Crippen LogP contribution in [0, 0.1) is 0 Å². The van der Waals surface area contributed by atoms with Crippen molar-refractivity contribution in [1.82, 2.24) is 19.9 Å². The molecule has 0 saturated carbocycles. The Bertz CT molecular complexity index is 805. The predicted molar refractivity (Wildman–Crippen MR) is 106 cm³/mol. The Morgan fingerprint density at radius 1 is 1.12 bits per heavy atom. The average molecular weight is 369 g/mol. The molecule has 0 aliphatic carbocycles. The molecule has 0 amide bonds. The summed E-state index contributed by atoms with van der Waals surface area (Å²) in [5.41, 5.74) is 1.70. The maximum absolute atomic E-state index is 5.87. The summed E-state index contributed by atoms with van der Waals surface area (Å²) in [7, 11) is 0. The Morgan fingerprint density at radius 3 is 2.77 bits per heavy atom. The van der Waals surface area contributed by atoms with Gasteiger partial charge in [0, 0.05) is 36.1 Å². The average Bonchev–Trinajstić information content (AvgIpc) is 3.21.